The zero-order chi connectivity index (χ0) is 19.1. The molecule has 3 rings (SSSR count). The quantitative estimate of drug-likeness (QED) is 0.560. The van der Waals surface area contributed by atoms with Crippen LogP contribution in [0.5, 0.6) is 0 Å². The minimum absolute atomic E-state index is 0.0782. The maximum Gasteiger partial charge on any atom is 0.239 e. The SMILES string of the molecule is CN=C(NCc1ccc(N2CCNC(=O)C2)cc1)NC(C)c1ccccc1. The van der Waals surface area contributed by atoms with Gasteiger partial charge in [-0.15, -0.1) is 0 Å². The molecule has 0 bridgehead atoms. The number of nitrogens with zero attached hydrogens (tertiary/aromatic N) is 2. The van der Waals surface area contributed by atoms with Gasteiger partial charge in [-0.3, -0.25) is 9.79 Å². The van der Waals surface area contributed by atoms with Crippen LogP contribution in [0, 0.1) is 0 Å². The van der Waals surface area contributed by atoms with E-state index in [4.69, 9.17) is 0 Å². The number of carbonyl (C=O) groups is 1. The normalized spacial score (nSPS) is 15.9. The van der Waals surface area contributed by atoms with Crippen molar-refractivity contribution in [1.29, 1.82) is 0 Å². The number of piperazine rings is 1. The summed E-state index contributed by atoms with van der Waals surface area (Å²) in [5.41, 5.74) is 3.46. The van der Waals surface area contributed by atoms with E-state index in [1.807, 2.05) is 18.2 Å². The first-order valence-corrected chi connectivity index (χ1v) is 9.28. The Hall–Kier alpha value is -3.02. The van der Waals surface area contributed by atoms with E-state index in [0.29, 0.717) is 19.6 Å². The van der Waals surface area contributed by atoms with Gasteiger partial charge in [0.25, 0.3) is 0 Å². The van der Waals surface area contributed by atoms with Crippen LogP contribution in [0.15, 0.2) is 59.6 Å². The minimum Gasteiger partial charge on any atom is -0.360 e. The lowest BCUT2D eigenvalue weighted by Gasteiger charge is -2.28. The van der Waals surface area contributed by atoms with Gasteiger partial charge in [0.1, 0.15) is 0 Å². The molecule has 1 heterocycles. The van der Waals surface area contributed by atoms with E-state index in [1.165, 1.54) is 5.56 Å². The monoisotopic (exact) mass is 365 g/mol. The standard InChI is InChI=1S/C21H27N5O/c1-16(18-6-4-3-5-7-18)25-21(22-2)24-14-17-8-10-19(11-9-17)26-13-12-23-20(27)15-26/h3-11,16H,12-15H2,1-2H3,(H,23,27)(H2,22,24,25). The van der Waals surface area contributed by atoms with Crippen LogP contribution in [0.25, 0.3) is 0 Å². The van der Waals surface area contributed by atoms with Crippen molar-refractivity contribution in [2.45, 2.75) is 19.5 Å². The van der Waals surface area contributed by atoms with Gasteiger partial charge in [-0.1, -0.05) is 42.5 Å². The average molecular weight is 365 g/mol. The molecule has 2 aromatic rings. The van der Waals surface area contributed by atoms with E-state index < -0.39 is 0 Å². The fraction of sp³-hybridized carbons (Fsp3) is 0.333. The summed E-state index contributed by atoms with van der Waals surface area (Å²) in [6, 6.07) is 18.8. The second kappa shape index (κ2) is 9.07. The van der Waals surface area contributed by atoms with Crippen LogP contribution in [0.4, 0.5) is 5.69 Å². The minimum atomic E-state index is 0.0782. The topological polar surface area (TPSA) is 68.8 Å². The highest BCUT2D eigenvalue weighted by Gasteiger charge is 2.16. The van der Waals surface area contributed by atoms with E-state index in [2.05, 4.69) is 69.2 Å². The molecule has 0 saturated carbocycles. The summed E-state index contributed by atoms with van der Waals surface area (Å²) in [7, 11) is 1.78. The highest BCUT2D eigenvalue weighted by Crippen LogP contribution is 2.16. The number of hydrogen-bond acceptors (Lipinski definition) is 3. The van der Waals surface area contributed by atoms with Crippen LogP contribution < -0.4 is 20.9 Å². The van der Waals surface area contributed by atoms with E-state index in [-0.39, 0.29) is 11.9 Å². The molecule has 0 aliphatic carbocycles. The van der Waals surface area contributed by atoms with Crippen molar-refractivity contribution in [3.63, 3.8) is 0 Å². The molecule has 1 fully saturated rings. The van der Waals surface area contributed by atoms with Crippen LogP contribution in [0.2, 0.25) is 0 Å². The van der Waals surface area contributed by atoms with Crippen LogP contribution in [0.3, 0.4) is 0 Å². The summed E-state index contributed by atoms with van der Waals surface area (Å²) in [5.74, 6) is 0.845. The first kappa shape index (κ1) is 18.8. The van der Waals surface area contributed by atoms with Crippen molar-refractivity contribution in [3.05, 3.63) is 65.7 Å². The third-order valence-electron chi connectivity index (χ3n) is 4.68. The molecule has 27 heavy (non-hydrogen) atoms. The van der Waals surface area contributed by atoms with E-state index in [1.54, 1.807) is 7.05 Å². The maximum absolute atomic E-state index is 11.5. The summed E-state index contributed by atoms with van der Waals surface area (Å²) in [6.45, 7) is 4.76. The molecule has 0 radical (unpaired) electrons. The lowest BCUT2D eigenvalue weighted by molar-refractivity contribution is -0.120. The molecule has 2 aromatic carbocycles. The Labute approximate surface area is 160 Å². The largest absolute Gasteiger partial charge is 0.360 e. The summed E-state index contributed by atoms with van der Waals surface area (Å²) < 4.78 is 0. The van der Waals surface area contributed by atoms with Gasteiger partial charge in [0, 0.05) is 32.4 Å². The van der Waals surface area contributed by atoms with Gasteiger partial charge < -0.3 is 20.9 Å². The zero-order valence-corrected chi connectivity index (χ0v) is 15.9. The molecule has 1 aliphatic heterocycles. The third-order valence-corrected chi connectivity index (χ3v) is 4.68. The average Bonchev–Trinajstić information content (AvgIpc) is 2.72. The summed E-state index contributed by atoms with van der Waals surface area (Å²) in [4.78, 5) is 17.9. The van der Waals surface area contributed by atoms with E-state index in [0.717, 1.165) is 23.8 Å². The van der Waals surface area contributed by atoms with Crippen molar-refractivity contribution in [2.24, 2.45) is 4.99 Å². The van der Waals surface area contributed by atoms with Crippen LogP contribution in [-0.4, -0.2) is 38.5 Å². The molecule has 1 amide bonds. The lowest BCUT2D eigenvalue weighted by atomic mass is 10.1. The fourth-order valence-electron chi connectivity index (χ4n) is 3.09. The molecule has 6 nitrogen and oxygen atoms in total. The van der Waals surface area contributed by atoms with E-state index in [9.17, 15) is 4.79 Å². The Balaban J connectivity index is 1.53. The second-order valence-corrected chi connectivity index (χ2v) is 6.64. The Morgan fingerprint density at radius 3 is 2.59 bits per heavy atom. The Kier molecular flexibility index (Phi) is 6.30. The molecule has 6 heteroatoms. The number of benzene rings is 2. The van der Waals surface area contributed by atoms with Gasteiger partial charge >= 0.3 is 0 Å². The number of amides is 1. The summed E-state index contributed by atoms with van der Waals surface area (Å²) >= 11 is 0. The van der Waals surface area contributed by atoms with Gasteiger partial charge in [0.2, 0.25) is 5.91 Å². The smallest absolute Gasteiger partial charge is 0.239 e. The highest BCUT2D eigenvalue weighted by molar-refractivity contribution is 5.82. The molecule has 142 valence electrons. The predicted molar refractivity (Wildman–Crippen MR) is 110 cm³/mol. The van der Waals surface area contributed by atoms with Gasteiger partial charge in [0.15, 0.2) is 5.96 Å². The van der Waals surface area contributed by atoms with E-state index >= 15 is 0 Å². The molecule has 0 spiro atoms. The Morgan fingerprint density at radius 2 is 1.93 bits per heavy atom. The Bertz CT molecular complexity index is 773. The number of guanidine groups is 1. The van der Waals surface area contributed by atoms with Crippen molar-refractivity contribution >= 4 is 17.6 Å². The predicted octanol–water partition coefficient (Wildman–Crippen LogP) is 2.05. The van der Waals surface area contributed by atoms with Crippen molar-refractivity contribution in [3.8, 4) is 0 Å². The molecular weight excluding hydrogens is 338 g/mol. The number of rotatable bonds is 5. The van der Waals surface area contributed by atoms with Crippen LogP contribution in [0.1, 0.15) is 24.1 Å². The molecular formula is C21H27N5O. The number of hydrogen-bond donors (Lipinski definition) is 3. The number of carbonyl (C=O) groups excluding carboxylic acids is 1. The molecule has 0 aromatic heterocycles. The number of nitrogens with one attached hydrogen (secondary N) is 3. The molecule has 1 saturated heterocycles. The number of aliphatic imine (C=N–C) groups is 1. The first-order chi connectivity index (χ1) is 13.2. The summed E-state index contributed by atoms with van der Waals surface area (Å²) in [5, 5.41) is 9.61. The number of anilines is 1. The Morgan fingerprint density at radius 1 is 1.19 bits per heavy atom. The van der Waals surface area contributed by atoms with Crippen molar-refractivity contribution in [2.75, 3.05) is 31.6 Å². The first-order valence-electron chi connectivity index (χ1n) is 9.28. The highest BCUT2D eigenvalue weighted by atomic mass is 16.2. The van der Waals surface area contributed by atoms with Gasteiger partial charge in [-0.05, 0) is 30.2 Å². The zero-order valence-electron chi connectivity index (χ0n) is 15.9. The van der Waals surface area contributed by atoms with Crippen molar-refractivity contribution in [1.82, 2.24) is 16.0 Å². The molecule has 1 aliphatic rings. The molecule has 3 N–H and O–H groups in total. The molecule has 1 atom stereocenters. The van der Waals surface area contributed by atoms with Crippen LogP contribution >= 0.6 is 0 Å². The third kappa shape index (κ3) is 5.23. The fourth-order valence-corrected chi connectivity index (χ4v) is 3.09. The van der Waals surface area contributed by atoms with Gasteiger partial charge in [0.05, 0.1) is 12.6 Å². The lowest BCUT2D eigenvalue weighted by Crippen LogP contribution is -2.47. The van der Waals surface area contributed by atoms with Crippen molar-refractivity contribution < 1.29 is 4.79 Å². The maximum atomic E-state index is 11.5. The summed E-state index contributed by atoms with van der Waals surface area (Å²) in [6.07, 6.45) is 0. The second-order valence-electron chi connectivity index (χ2n) is 6.64. The van der Waals surface area contributed by atoms with Crippen LogP contribution in [-0.2, 0) is 11.3 Å². The van der Waals surface area contributed by atoms with Gasteiger partial charge in [-0.2, -0.15) is 0 Å². The molecule has 1 unspecified atom stereocenters. The van der Waals surface area contributed by atoms with Gasteiger partial charge in [-0.25, -0.2) is 0 Å².